The van der Waals surface area contributed by atoms with E-state index in [1.807, 2.05) is 42.6 Å². The lowest BCUT2D eigenvalue weighted by atomic mass is 9.80. The molecule has 2 aromatic rings. The molecule has 1 spiro atoms. The van der Waals surface area contributed by atoms with E-state index in [0.29, 0.717) is 19.4 Å². The Labute approximate surface area is 167 Å². The predicted octanol–water partition coefficient (Wildman–Crippen LogP) is 2.50. The van der Waals surface area contributed by atoms with E-state index in [1.165, 1.54) is 11.1 Å². The summed E-state index contributed by atoms with van der Waals surface area (Å²) in [4.78, 5) is 40.1. The van der Waals surface area contributed by atoms with Crippen LogP contribution in [0.25, 0.3) is 0 Å². The average molecular weight is 398 g/mol. The molecule has 2 aliphatic rings. The molecule has 1 aliphatic heterocycles. The highest BCUT2D eigenvalue weighted by atomic mass is 32.1. The van der Waals surface area contributed by atoms with Crippen molar-refractivity contribution in [2.45, 2.75) is 38.1 Å². The molecule has 146 valence electrons. The second-order valence-electron chi connectivity index (χ2n) is 7.36. The molecule has 0 radical (unpaired) electrons. The fourth-order valence-corrected chi connectivity index (χ4v) is 5.11. The number of fused-ring (bicyclic) bond motifs is 2. The lowest BCUT2D eigenvalue weighted by molar-refractivity contribution is -0.135. The van der Waals surface area contributed by atoms with Gasteiger partial charge in [-0.05, 0) is 55.2 Å². The molecule has 6 nitrogen and oxygen atoms in total. The zero-order valence-corrected chi connectivity index (χ0v) is 16.6. The third kappa shape index (κ3) is 3.20. The van der Waals surface area contributed by atoms with Crippen LogP contribution in [0, 0.1) is 6.92 Å². The first kappa shape index (κ1) is 18.7. The van der Waals surface area contributed by atoms with Gasteiger partial charge in [0.25, 0.3) is 5.91 Å². The summed E-state index contributed by atoms with van der Waals surface area (Å²) in [6.45, 7) is 2.25. The van der Waals surface area contributed by atoms with Gasteiger partial charge in [-0.15, -0.1) is 11.3 Å². The van der Waals surface area contributed by atoms with E-state index in [0.717, 1.165) is 28.2 Å². The minimum absolute atomic E-state index is 0.250. The van der Waals surface area contributed by atoms with Crippen LogP contribution >= 0.6 is 11.3 Å². The standard InChI is InChI=1S/C21H23N3O3S/c1-14-5-2-3-6-15(14)8-11-22-18(25)13-24-19(26)21(23-20(24)27)10-4-7-17-16(21)9-12-28-17/h2-3,5-6,9,12H,4,7-8,10-11,13H2,1H3,(H,22,25)(H,23,27). The summed E-state index contributed by atoms with van der Waals surface area (Å²) < 4.78 is 0. The molecular weight excluding hydrogens is 374 g/mol. The van der Waals surface area contributed by atoms with Crippen LogP contribution in [0.15, 0.2) is 35.7 Å². The Balaban J connectivity index is 1.39. The summed E-state index contributed by atoms with van der Waals surface area (Å²) in [5.41, 5.74) is 2.25. The van der Waals surface area contributed by atoms with Crippen molar-refractivity contribution in [3.63, 3.8) is 0 Å². The van der Waals surface area contributed by atoms with Gasteiger partial charge in [-0.2, -0.15) is 0 Å². The van der Waals surface area contributed by atoms with Gasteiger partial charge in [-0.3, -0.25) is 14.5 Å². The van der Waals surface area contributed by atoms with E-state index >= 15 is 0 Å². The SMILES string of the molecule is Cc1ccccc1CCNC(=O)CN1C(=O)NC2(CCCc3sccc32)C1=O. The summed E-state index contributed by atoms with van der Waals surface area (Å²) in [5, 5.41) is 7.65. The highest BCUT2D eigenvalue weighted by molar-refractivity contribution is 7.10. The number of imide groups is 1. The predicted molar refractivity (Wildman–Crippen MR) is 107 cm³/mol. The number of nitrogens with one attached hydrogen (secondary N) is 2. The Morgan fingerprint density at radius 3 is 2.93 bits per heavy atom. The number of carbonyl (C=O) groups is 3. The molecule has 1 saturated heterocycles. The van der Waals surface area contributed by atoms with Crippen molar-refractivity contribution >= 4 is 29.2 Å². The van der Waals surface area contributed by atoms with Crippen molar-refractivity contribution in [1.82, 2.24) is 15.5 Å². The summed E-state index contributed by atoms with van der Waals surface area (Å²) in [5.74, 6) is -0.638. The molecule has 28 heavy (non-hydrogen) atoms. The number of hydrogen-bond acceptors (Lipinski definition) is 4. The number of thiophene rings is 1. The van der Waals surface area contributed by atoms with Crippen LogP contribution in [0.4, 0.5) is 4.79 Å². The Morgan fingerprint density at radius 1 is 1.29 bits per heavy atom. The Kier molecular flexibility index (Phi) is 4.93. The topological polar surface area (TPSA) is 78.5 Å². The first-order valence-electron chi connectivity index (χ1n) is 9.53. The number of nitrogens with zero attached hydrogens (tertiary/aromatic N) is 1. The summed E-state index contributed by atoms with van der Waals surface area (Å²) in [6.07, 6.45) is 3.06. The van der Waals surface area contributed by atoms with E-state index in [2.05, 4.69) is 10.6 Å². The van der Waals surface area contributed by atoms with Gasteiger partial charge in [0.2, 0.25) is 5.91 Å². The molecular formula is C21H23N3O3S. The van der Waals surface area contributed by atoms with Gasteiger partial charge in [0.1, 0.15) is 12.1 Å². The minimum Gasteiger partial charge on any atom is -0.354 e. The van der Waals surface area contributed by atoms with Crippen LogP contribution in [0.1, 0.15) is 34.4 Å². The smallest absolute Gasteiger partial charge is 0.325 e. The number of urea groups is 1. The molecule has 2 heterocycles. The molecule has 1 aliphatic carbocycles. The second kappa shape index (κ2) is 7.39. The lowest BCUT2D eigenvalue weighted by Gasteiger charge is -2.31. The number of benzene rings is 1. The fraction of sp³-hybridized carbons (Fsp3) is 0.381. The molecule has 0 saturated carbocycles. The summed E-state index contributed by atoms with van der Waals surface area (Å²) >= 11 is 1.61. The zero-order chi connectivity index (χ0) is 19.7. The van der Waals surface area contributed by atoms with Gasteiger partial charge in [0.05, 0.1) is 0 Å². The van der Waals surface area contributed by atoms with Gasteiger partial charge in [-0.1, -0.05) is 24.3 Å². The molecule has 1 atom stereocenters. The van der Waals surface area contributed by atoms with E-state index in [4.69, 9.17) is 0 Å². The lowest BCUT2D eigenvalue weighted by Crippen LogP contribution is -2.46. The van der Waals surface area contributed by atoms with Crippen LogP contribution in [0.2, 0.25) is 0 Å². The highest BCUT2D eigenvalue weighted by Crippen LogP contribution is 2.41. The Bertz CT molecular complexity index is 938. The molecule has 7 heteroatoms. The quantitative estimate of drug-likeness (QED) is 0.761. The molecule has 4 amide bonds. The molecule has 2 N–H and O–H groups in total. The highest BCUT2D eigenvalue weighted by Gasteiger charge is 2.54. The van der Waals surface area contributed by atoms with Crippen LogP contribution in [0.3, 0.4) is 0 Å². The van der Waals surface area contributed by atoms with Crippen molar-refractivity contribution in [3.8, 4) is 0 Å². The largest absolute Gasteiger partial charge is 0.354 e. The maximum Gasteiger partial charge on any atom is 0.325 e. The number of carbonyl (C=O) groups excluding carboxylic acids is 3. The van der Waals surface area contributed by atoms with E-state index < -0.39 is 11.6 Å². The van der Waals surface area contributed by atoms with Crippen LogP contribution in [-0.2, 0) is 28.0 Å². The third-order valence-corrected chi connectivity index (χ3v) is 6.60. The Morgan fingerprint density at radius 2 is 2.11 bits per heavy atom. The first-order chi connectivity index (χ1) is 13.5. The maximum atomic E-state index is 13.1. The molecule has 1 unspecified atom stereocenters. The van der Waals surface area contributed by atoms with Gasteiger partial charge in [0, 0.05) is 17.0 Å². The van der Waals surface area contributed by atoms with Crippen LogP contribution < -0.4 is 10.6 Å². The average Bonchev–Trinajstić information content (AvgIpc) is 3.24. The van der Waals surface area contributed by atoms with Crippen molar-refractivity contribution in [2.75, 3.05) is 13.1 Å². The number of hydrogen-bond donors (Lipinski definition) is 2. The first-order valence-corrected chi connectivity index (χ1v) is 10.4. The van der Waals surface area contributed by atoms with Crippen LogP contribution in [-0.4, -0.2) is 35.8 Å². The van der Waals surface area contributed by atoms with E-state index in [9.17, 15) is 14.4 Å². The van der Waals surface area contributed by atoms with Crippen molar-refractivity contribution in [2.24, 2.45) is 0 Å². The zero-order valence-electron chi connectivity index (χ0n) is 15.8. The maximum absolute atomic E-state index is 13.1. The van der Waals surface area contributed by atoms with Crippen molar-refractivity contribution in [1.29, 1.82) is 0 Å². The van der Waals surface area contributed by atoms with Crippen LogP contribution in [0.5, 0.6) is 0 Å². The molecule has 4 rings (SSSR count). The van der Waals surface area contributed by atoms with Crippen molar-refractivity contribution in [3.05, 3.63) is 57.3 Å². The third-order valence-electron chi connectivity index (χ3n) is 5.62. The second-order valence-corrected chi connectivity index (χ2v) is 8.36. The number of aryl methyl sites for hydroxylation is 2. The number of rotatable bonds is 5. The summed E-state index contributed by atoms with van der Waals surface area (Å²) in [6, 6.07) is 9.45. The van der Waals surface area contributed by atoms with E-state index in [1.54, 1.807) is 11.3 Å². The van der Waals surface area contributed by atoms with Gasteiger partial charge >= 0.3 is 6.03 Å². The summed E-state index contributed by atoms with van der Waals surface area (Å²) in [7, 11) is 0. The van der Waals surface area contributed by atoms with Gasteiger partial charge in [-0.25, -0.2) is 4.79 Å². The monoisotopic (exact) mass is 397 g/mol. The molecule has 1 fully saturated rings. The fourth-order valence-electron chi connectivity index (χ4n) is 4.11. The molecule has 0 bridgehead atoms. The normalized spacial score (nSPS) is 21.0. The Hall–Kier alpha value is -2.67. The van der Waals surface area contributed by atoms with Crippen molar-refractivity contribution < 1.29 is 14.4 Å². The van der Waals surface area contributed by atoms with Gasteiger partial charge < -0.3 is 10.6 Å². The molecule has 1 aromatic heterocycles. The molecule has 1 aromatic carbocycles. The van der Waals surface area contributed by atoms with E-state index in [-0.39, 0.29) is 18.4 Å². The van der Waals surface area contributed by atoms with Gasteiger partial charge in [0.15, 0.2) is 0 Å². The number of amides is 4. The minimum atomic E-state index is -0.994.